The molecule has 1 aliphatic rings. The van der Waals surface area contributed by atoms with Crippen molar-refractivity contribution in [2.24, 2.45) is 5.41 Å². The largest absolute Gasteiger partial charge is 0.483 e. The van der Waals surface area contributed by atoms with Gasteiger partial charge in [0.05, 0.1) is 0 Å². The first kappa shape index (κ1) is 27.1. The third-order valence-electron chi connectivity index (χ3n) is 5.99. The summed E-state index contributed by atoms with van der Waals surface area (Å²) in [5.41, 5.74) is 5.01. The minimum absolute atomic E-state index is 0.224. The maximum atomic E-state index is 12.2. The molecule has 1 unspecified atom stereocenters. The van der Waals surface area contributed by atoms with Gasteiger partial charge in [-0.25, -0.2) is 4.79 Å². The van der Waals surface area contributed by atoms with E-state index in [4.69, 9.17) is 9.47 Å². The Morgan fingerprint density at radius 2 is 1.79 bits per heavy atom. The van der Waals surface area contributed by atoms with E-state index in [0.29, 0.717) is 5.75 Å². The minimum Gasteiger partial charge on any atom is -0.483 e. The zero-order valence-electron chi connectivity index (χ0n) is 21.4. The number of rotatable bonds is 10. The van der Waals surface area contributed by atoms with Crippen LogP contribution in [0.2, 0.25) is 0 Å². The summed E-state index contributed by atoms with van der Waals surface area (Å²) in [6.45, 7) is 12.1. The van der Waals surface area contributed by atoms with Crippen molar-refractivity contribution in [2.75, 3.05) is 6.61 Å². The average molecular weight is 463 g/mol. The molecule has 1 aromatic rings. The first-order valence-electron chi connectivity index (χ1n) is 11.9. The van der Waals surface area contributed by atoms with Gasteiger partial charge in [0.1, 0.15) is 5.75 Å². The second kappa shape index (κ2) is 12.9. The zero-order valence-corrected chi connectivity index (χ0v) is 21.4. The van der Waals surface area contributed by atoms with Crippen molar-refractivity contribution in [3.63, 3.8) is 0 Å². The summed E-state index contributed by atoms with van der Waals surface area (Å²) in [5.74, 6) is -0.247. The van der Waals surface area contributed by atoms with E-state index in [1.807, 2.05) is 43.4 Å². The highest BCUT2D eigenvalue weighted by Gasteiger charge is 2.26. The van der Waals surface area contributed by atoms with E-state index in [2.05, 4.69) is 39.8 Å². The first-order chi connectivity index (χ1) is 16.1. The molecule has 0 aliphatic heterocycles. The van der Waals surface area contributed by atoms with E-state index >= 15 is 0 Å². The Bertz CT molecular complexity index is 1000. The smallest absolute Gasteiger partial charge is 0.331 e. The molecule has 0 N–H and O–H groups in total. The molecule has 1 aromatic carbocycles. The number of hydrogen-bond acceptors (Lipinski definition) is 4. The normalized spacial score (nSPS) is 17.8. The van der Waals surface area contributed by atoms with Gasteiger partial charge >= 0.3 is 5.97 Å². The van der Waals surface area contributed by atoms with Crippen LogP contribution >= 0.6 is 0 Å². The summed E-state index contributed by atoms with van der Waals surface area (Å²) >= 11 is 0. The Morgan fingerprint density at radius 1 is 1.09 bits per heavy atom. The molecule has 0 radical (unpaired) electrons. The molecule has 0 amide bonds. The van der Waals surface area contributed by atoms with Crippen molar-refractivity contribution in [1.82, 2.24) is 0 Å². The SMILES string of the molecule is CC1=C(/C=C/C(C)=C/C=C/C(C)=C/C(=O)OCC(=O)C(C)Oc2ccccc2)C(C)(C)CCC1. The number of carbonyl (C=O) groups is 2. The van der Waals surface area contributed by atoms with Gasteiger partial charge in [0.15, 0.2) is 12.7 Å². The molecule has 0 saturated carbocycles. The van der Waals surface area contributed by atoms with E-state index in [9.17, 15) is 9.59 Å². The van der Waals surface area contributed by atoms with Crippen molar-refractivity contribution in [3.05, 3.63) is 89.1 Å². The van der Waals surface area contributed by atoms with Crippen molar-refractivity contribution >= 4 is 11.8 Å². The number of Topliss-reactive ketones (excluding diaryl/α,β-unsaturated/α-hetero) is 1. The molecule has 4 nitrogen and oxygen atoms in total. The standard InChI is InChI=1S/C30H38O4/c1-22(17-18-27-24(3)14-11-19-30(27,5)6)12-10-13-23(2)20-29(32)33-21-28(31)25(4)34-26-15-8-7-9-16-26/h7-10,12-13,15-18,20,25H,11,14,19,21H2,1-6H3/b13-10+,18-17+,22-12+,23-20+. The Balaban J connectivity index is 1.84. The molecule has 4 heteroatoms. The molecule has 0 saturated heterocycles. The minimum atomic E-state index is -0.694. The predicted octanol–water partition coefficient (Wildman–Crippen LogP) is 7.10. The Morgan fingerprint density at radius 3 is 2.47 bits per heavy atom. The number of ketones is 1. The van der Waals surface area contributed by atoms with Crippen LogP contribution in [0, 0.1) is 5.41 Å². The summed E-state index contributed by atoms with van der Waals surface area (Å²) in [4.78, 5) is 24.2. The van der Waals surface area contributed by atoms with Gasteiger partial charge in [0, 0.05) is 6.08 Å². The fraction of sp³-hybridized carbons (Fsp3) is 0.400. The lowest BCUT2D eigenvalue weighted by atomic mass is 9.72. The highest BCUT2D eigenvalue weighted by molar-refractivity contribution is 5.89. The molecular weight excluding hydrogens is 424 g/mol. The molecule has 0 heterocycles. The van der Waals surface area contributed by atoms with Crippen LogP contribution in [-0.4, -0.2) is 24.5 Å². The molecule has 34 heavy (non-hydrogen) atoms. The van der Waals surface area contributed by atoms with Crippen LogP contribution in [-0.2, 0) is 14.3 Å². The highest BCUT2D eigenvalue weighted by atomic mass is 16.5. The Labute approximate surface area is 204 Å². The summed E-state index contributed by atoms with van der Waals surface area (Å²) in [7, 11) is 0. The van der Waals surface area contributed by atoms with Gasteiger partial charge in [0.25, 0.3) is 0 Å². The van der Waals surface area contributed by atoms with Gasteiger partial charge in [-0.2, -0.15) is 0 Å². The van der Waals surface area contributed by atoms with Gasteiger partial charge in [-0.05, 0) is 75.7 Å². The lowest BCUT2D eigenvalue weighted by molar-refractivity contribution is -0.145. The van der Waals surface area contributed by atoms with Crippen LogP contribution in [0.4, 0.5) is 0 Å². The number of ether oxygens (including phenoxy) is 2. The van der Waals surface area contributed by atoms with E-state index in [-0.39, 0.29) is 17.8 Å². The summed E-state index contributed by atoms with van der Waals surface area (Å²) in [6, 6.07) is 9.08. The quantitative estimate of drug-likeness (QED) is 0.211. The number of benzene rings is 1. The van der Waals surface area contributed by atoms with Gasteiger partial charge in [-0.3, -0.25) is 4.79 Å². The van der Waals surface area contributed by atoms with E-state index in [1.165, 1.54) is 36.5 Å². The van der Waals surface area contributed by atoms with Crippen LogP contribution in [0.3, 0.4) is 0 Å². The Hall–Kier alpha value is -3.14. The molecule has 182 valence electrons. The van der Waals surface area contributed by atoms with Gasteiger partial charge in [-0.15, -0.1) is 0 Å². The predicted molar refractivity (Wildman–Crippen MR) is 139 cm³/mol. The molecule has 1 aliphatic carbocycles. The van der Waals surface area contributed by atoms with Crippen LogP contribution in [0.15, 0.2) is 89.1 Å². The third kappa shape index (κ3) is 9.01. The van der Waals surface area contributed by atoms with E-state index < -0.39 is 12.1 Å². The monoisotopic (exact) mass is 462 g/mol. The highest BCUT2D eigenvalue weighted by Crippen LogP contribution is 2.40. The fourth-order valence-corrected chi connectivity index (χ4v) is 3.94. The van der Waals surface area contributed by atoms with Crippen LogP contribution < -0.4 is 4.74 Å². The van der Waals surface area contributed by atoms with E-state index in [1.54, 1.807) is 19.1 Å². The molecule has 0 bridgehead atoms. The Kier molecular flexibility index (Phi) is 10.3. The van der Waals surface area contributed by atoms with Gasteiger partial charge in [0.2, 0.25) is 5.78 Å². The summed E-state index contributed by atoms with van der Waals surface area (Å²) in [6.07, 6.45) is 14.5. The molecule has 2 rings (SSSR count). The average Bonchev–Trinajstić information content (AvgIpc) is 2.77. The second-order valence-electron chi connectivity index (χ2n) is 9.57. The second-order valence-corrected chi connectivity index (χ2v) is 9.57. The molecule has 0 fully saturated rings. The van der Waals surface area contributed by atoms with Crippen molar-refractivity contribution in [3.8, 4) is 5.75 Å². The maximum Gasteiger partial charge on any atom is 0.331 e. The summed E-state index contributed by atoms with van der Waals surface area (Å²) < 4.78 is 10.6. The zero-order chi connectivity index (χ0) is 25.1. The molecule has 1 atom stereocenters. The first-order valence-corrected chi connectivity index (χ1v) is 11.9. The van der Waals surface area contributed by atoms with Crippen molar-refractivity contribution < 1.29 is 19.1 Å². The topological polar surface area (TPSA) is 52.6 Å². The molecular formula is C30H38O4. The van der Waals surface area contributed by atoms with Crippen LogP contribution in [0.5, 0.6) is 5.75 Å². The van der Waals surface area contributed by atoms with Crippen LogP contribution in [0.25, 0.3) is 0 Å². The lowest BCUT2D eigenvalue weighted by Gasteiger charge is -2.32. The fourth-order valence-electron chi connectivity index (χ4n) is 3.94. The maximum absolute atomic E-state index is 12.2. The lowest BCUT2D eigenvalue weighted by Crippen LogP contribution is -2.28. The molecule has 0 spiro atoms. The number of allylic oxidation sites excluding steroid dienone is 9. The van der Waals surface area contributed by atoms with Gasteiger partial charge < -0.3 is 9.47 Å². The van der Waals surface area contributed by atoms with Crippen LogP contribution in [0.1, 0.15) is 60.8 Å². The third-order valence-corrected chi connectivity index (χ3v) is 5.99. The number of para-hydroxylation sites is 1. The number of esters is 1. The number of carbonyl (C=O) groups excluding carboxylic acids is 2. The van der Waals surface area contributed by atoms with Crippen molar-refractivity contribution in [2.45, 2.75) is 66.9 Å². The van der Waals surface area contributed by atoms with E-state index in [0.717, 1.165) is 11.1 Å². The number of hydrogen-bond donors (Lipinski definition) is 0. The summed E-state index contributed by atoms with van der Waals surface area (Å²) in [5, 5.41) is 0. The van der Waals surface area contributed by atoms with Gasteiger partial charge in [-0.1, -0.05) is 73.6 Å². The van der Waals surface area contributed by atoms with Crippen molar-refractivity contribution in [1.29, 1.82) is 0 Å². The molecule has 0 aromatic heterocycles.